The fraction of sp³-hybridized carbons (Fsp3) is 0.333. The van der Waals surface area contributed by atoms with E-state index < -0.39 is 0 Å². The molecule has 0 spiro atoms. The van der Waals surface area contributed by atoms with Crippen molar-refractivity contribution < 1.29 is 14.3 Å². The molecule has 2 aromatic carbocycles. The van der Waals surface area contributed by atoms with Crippen LogP contribution in [0.25, 0.3) is 0 Å². The lowest BCUT2D eigenvalue weighted by atomic mass is 10.1. The van der Waals surface area contributed by atoms with Crippen LogP contribution in [0.4, 0.5) is 11.4 Å². The molecule has 0 aromatic heterocycles. The van der Waals surface area contributed by atoms with Gasteiger partial charge in [0.25, 0.3) is 0 Å². The zero-order valence-electron chi connectivity index (χ0n) is 15.6. The molecule has 2 aromatic rings. The van der Waals surface area contributed by atoms with Gasteiger partial charge < -0.3 is 15.0 Å². The molecule has 26 heavy (non-hydrogen) atoms. The Kier molecular flexibility index (Phi) is 4.98. The second-order valence-electron chi connectivity index (χ2n) is 6.89. The molecule has 1 atom stereocenters. The van der Waals surface area contributed by atoms with Gasteiger partial charge in [0.1, 0.15) is 5.75 Å². The third-order valence-electron chi connectivity index (χ3n) is 4.76. The van der Waals surface area contributed by atoms with E-state index in [1.54, 1.807) is 12.0 Å². The molecular formula is C21H24N2O3. The van der Waals surface area contributed by atoms with E-state index in [2.05, 4.69) is 5.32 Å². The van der Waals surface area contributed by atoms with Crippen molar-refractivity contribution in [2.45, 2.75) is 27.2 Å². The van der Waals surface area contributed by atoms with E-state index >= 15 is 0 Å². The van der Waals surface area contributed by atoms with Gasteiger partial charge in [-0.25, -0.2) is 0 Å². The number of hydrogen-bond acceptors (Lipinski definition) is 3. The van der Waals surface area contributed by atoms with Crippen LogP contribution >= 0.6 is 0 Å². The summed E-state index contributed by atoms with van der Waals surface area (Å²) < 4.78 is 5.31. The van der Waals surface area contributed by atoms with Gasteiger partial charge in [-0.05, 0) is 55.7 Å². The average Bonchev–Trinajstić information content (AvgIpc) is 2.99. The molecule has 0 bridgehead atoms. The number of amides is 2. The van der Waals surface area contributed by atoms with Crippen molar-refractivity contribution >= 4 is 23.2 Å². The molecule has 5 nitrogen and oxygen atoms in total. The molecule has 1 saturated heterocycles. The summed E-state index contributed by atoms with van der Waals surface area (Å²) in [6.07, 6.45) is 0.216. The van der Waals surface area contributed by atoms with Gasteiger partial charge in [-0.3, -0.25) is 9.59 Å². The van der Waals surface area contributed by atoms with E-state index in [1.165, 1.54) is 0 Å². The lowest BCUT2D eigenvalue weighted by Crippen LogP contribution is -2.28. The molecule has 1 unspecified atom stereocenters. The Morgan fingerprint density at radius 1 is 1.12 bits per heavy atom. The summed E-state index contributed by atoms with van der Waals surface area (Å²) in [6.45, 7) is 6.32. The van der Waals surface area contributed by atoms with Crippen LogP contribution < -0.4 is 15.0 Å². The number of nitrogens with one attached hydrogen (secondary N) is 1. The first kappa shape index (κ1) is 18.0. The molecule has 1 heterocycles. The molecule has 3 rings (SSSR count). The minimum Gasteiger partial charge on any atom is -0.495 e. The SMILES string of the molecule is COc1ccc(C)cc1NC(=O)C1CC(=O)N(c2cc(C)ccc2C)C1. The Bertz CT molecular complexity index is 860. The second kappa shape index (κ2) is 7.20. The topological polar surface area (TPSA) is 58.6 Å². The van der Waals surface area contributed by atoms with Gasteiger partial charge in [-0.15, -0.1) is 0 Å². The highest BCUT2D eigenvalue weighted by molar-refractivity contribution is 6.04. The number of aryl methyl sites for hydroxylation is 3. The summed E-state index contributed by atoms with van der Waals surface area (Å²) in [5.41, 5.74) is 4.68. The predicted octanol–water partition coefficient (Wildman–Crippen LogP) is 3.61. The zero-order chi connectivity index (χ0) is 18.8. The summed E-state index contributed by atoms with van der Waals surface area (Å²) in [5, 5.41) is 2.92. The van der Waals surface area contributed by atoms with Crippen molar-refractivity contribution in [3.05, 3.63) is 53.1 Å². The molecule has 0 saturated carbocycles. The van der Waals surface area contributed by atoms with Crippen LogP contribution in [0.15, 0.2) is 36.4 Å². The van der Waals surface area contributed by atoms with Gasteiger partial charge in [0, 0.05) is 18.7 Å². The van der Waals surface area contributed by atoms with Gasteiger partial charge in [0.15, 0.2) is 0 Å². The lowest BCUT2D eigenvalue weighted by Gasteiger charge is -2.20. The largest absolute Gasteiger partial charge is 0.495 e. The fourth-order valence-corrected chi connectivity index (χ4v) is 3.28. The van der Waals surface area contributed by atoms with Crippen molar-refractivity contribution in [1.82, 2.24) is 0 Å². The van der Waals surface area contributed by atoms with Crippen LogP contribution in [0.2, 0.25) is 0 Å². The molecule has 136 valence electrons. The van der Waals surface area contributed by atoms with Gasteiger partial charge >= 0.3 is 0 Å². The molecule has 0 radical (unpaired) electrons. The van der Waals surface area contributed by atoms with Crippen LogP contribution in [0.1, 0.15) is 23.1 Å². The first-order valence-electron chi connectivity index (χ1n) is 8.72. The molecule has 1 fully saturated rings. The quantitative estimate of drug-likeness (QED) is 0.914. The number of methoxy groups -OCH3 is 1. The van der Waals surface area contributed by atoms with Crippen molar-refractivity contribution in [2.75, 3.05) is 23.9 Å². The van der Waals surface area contributed by atoms with Crippen LogP contribution in [0, 0.1) is 26.7 Å². The number of benzene rings is 2. The minimum atomic E-state index is -0.382. The van der Waals surface area contributed by atoms with Gasteiger partial charge in [-0.1, -0.05) is 18.2 Å². The Morgan fingerprint density at radius 3 is 2.54 bits per heavy atom. The van der Waals surface area contributed by atoms with Crippen molar-refractivity contribution in [3.63, 3.8) is 0 Å². The molecule has 5 heteroatoms. The van der Waals surface area contributed by atoms with Crippen LogP contribution in [0.5, 0.6) is 5.75 Å². The lowest BCUT2D eigenvalue weighted by molar-refractivity contribution is -0.122. The maximum absolute atomic E-state index is 12.7. The van der Waals surface area contributed by atoms with E-state index in [1.807, 2.05) is 57.2 Å². The van der Waals surface area contributed by atoms with Crippen molar-refractivity contribution in [3.8, 4) is 5.75 Å². The fourth-order valence-electron chi connectivity index (χ4n) is 3.28. The van der Waals surface area contributed by atoms with Gasteiger partial charge in [0.2, 0.25) is 11.8 Å². The van der Waals surface area contributed by atoms with Gasteiger partial charge in [-0.2, -0.15) is 0 Å². The summed E-state index contributed by atoms with van der Waals surface area (Å²) in [6, 6.07) is 11.6. The van der Waals surface area contributed by atoms with Crippen LogP contribution in [-0.2, 0) is 9.59 Å². The average molecular weight is 352 g/mol. The number of rotatable bonds is 4. The van der Waals surface area contributed by atoms with E-state index in [-0.39, 0.29) is 24.2 Å². The van der Waals surface area contributed by atoms with Crippen molar-refractivity contribution in [1.29, 1.82) is 0 Å². The normalized spacial score (nSPS) is 16.7. The highest BCUT2D eigenvalue weighted by atomic mass is 16.5. The third kappa shape index (κ3) is 3.57. The van der Waals surface area contributed by atoms with E-state index in [9.17, 15) is 9.59 Å². The smallest absolute Gasteiger partial charge is 0.229 e. The number of ether oxygens (including phenoxy) is 1. The Labute approximate surface area is 154 Å². The van der Waals surface area contributed by atoms with E-state index in [4.69, 9.17) is 4.74 Å². The van der Waals surface area contributed by atoms with Crippen LogP contribution in [-0.4, -0.2) is 25.5 Å². The molecule has 1 aliphatic heterocycles. The van der Waals surface area contributed by atoms with Crippen LogP contribution in [0.3, 0.4) is 0 Å². The summed E-state index contributed by atoms with van der Waals surface area (Å²) in [5.74, 6) is 0.0532. The molecule has 2 amide bonds. The minimum absolute atomic E-state index is 0.0185. The molecule has 1 aliphatic rings. The monoisotopic (exact) mass is 352 g/mol. The number of nitrogens with zero attached hydrogens (tertiary/aromatic N) is 1. The number of carbonyl (C=O) groups is 2. The van der Waals surface area contributed by atoms with E-state index in [0.29, 0.717) is 18.0 Å². The first-order valence-corrected chi connectivity index (χ1v) is 8.72. The third-order valence-corrected chi connectivity index (χ3v) is 4.76. The highest BCUT2D eigenvalue weighted by Crippen LogP contribution is 2.31. The Balaban J connectivity index is 1.77. The maximum atomic E-state index is 12.7. The van der Waals surface area contributed by atoms with Gasteiger partial charge in [0.05, 0.1) is 18.7 Å². The number of hydrogen-bond donors (Lipinski definition) is 1. The summed E-state index contributed by atoms with van der Waals surface area (Å²) in [4.78, 5) is 26.9. The Hall–Kier alpha value is -2.82. The summed E-state index contributed by atoms with van der Waals surface area (Å²) in [7, 11) is 1.57. The zero-order valence-corrected chi connectivity index (χ0v) is 15.6. The van der Waals surface area contributed by atoms with Crippen molar-refractivity contribution in [2.24, 2.45) is 5.92 Å². The predicted molar refractivity (Wildman–Crippen MR) is 103 cm³/mol. The molecular weight excluding hydrogens is 328 g/mol. The molecule has 1 N–H and O–H groups in total. The maximum Gasteiger partial charge on any atom is 0.229 e. The van der Waals surface area contributed by atoms with E-state index in [0.717, 1.165) is 22.4 Å². The molecule has 0 aliphatic carbocycles. The first-order chi connectivity index (χ1) is 12.4. The Morgan fingerprint density at radius 2 is 1.81 bits per heavy atom. The summed E-state index contributed by atoms with van der Waals surface area (Å²) >= 11 is 0. The standard InChI is InChI=1S/C21H24N2O3/c1-13-6-8-19(26-4)17(9-13)22-21(25)16-11-20(24)23(12-16)18-10-14(2)5-7-15(18)3/h5-10,16H,11-12H2,1-4H3,(H,22,25). The number of anilines is 2. The number of carbonyl (C=O) groups excluding carboxylic acids is 2. The second-order valence-corrected chi connectivity index (χ2v) is 6.89. The highest BCUT2D eigenvalue weighted by Gasteiger charge is 2.36.